The molecule has 0 aliphatic carbocycles. The van der Waals surface area contributed by atoms with Gasteiger partial charge in [-0.3, -0.25) is 9.59 Å². The molecule has 0 saturated heterocycles. The molecule has 0 saturated carbocycles. The third kappa shape index (κ3) is 23.3. The predicted octanol–water partition coefficient (Wildman–Crippen LogP) is 7.52. The number of halogens is 1. The van der Waals surface area contributed by atoms with Gasteiger partial charge in [0, 0.05) is 18.7 Å². The molecule has 0 amide bonds. The van der Waals surface area contributed by atoms with Crippen LogP contribution in [0.4, 0.5) is 0 Å². The summed E-state index contributed by atoms with van der Waals surface area (Å²) in [5.41, 5.74) is 0. The van der Waals surface area contributed by atoms with Crippen molar-refractivity contribution in [3.05, 3.63) is 12.2 Å². The molecule has 0 aliphatic heterocycles. The molecule has 0 N–H and O–H groups in total. The second-order valence-corrected chi connectivity index (χ2v) is 8.33. The van der Waals surface area contributed by atoms with Crippen molar-refractivity contribution in [3.8, 4) is 0 Å². The van der Waals surface area contributed by atoms with Crippen LogP contribution in [-0.2, 0) is 19.1 Å². The van der Waals surface area contributed by atoms with Gasteiger partial charge in [0.25, 0.3) is 0 Å². The number of allylic oxidation sites excluding steroid dienone is 1. The van der Waals surface area contributed by atoms with E-state index in [0.717, 1.165) is 38.0 Å². The lowest BCUT2D eigenvalue weighted by molar-refractivity contribution is -0.145. The summed E-state index contributed by atoms with van der Waals surface area (Å²) in [7, 11) is 0. The number of rotatable bonds is 22. The molecule has 0 fully saturated rings. The van der Waals surface area contributed by atoms with Crippen molar-refractivity contribution < 1.29 is 19.1 Å². The van der Waals surface area contributed by atoms with E-state index in [2.05, 4.69) is 13.0 Å². The Kier molecular flexibility index (Phi) is 23.4. The molecule has 0 aromatic heterocycles. The third-order valence-electron chi connectivity index (χ3n) is 5.03. The lowest BCUT2D eigenvalue weighted by atomic mass is 10.1. The van der Waals surface area contributed by atoms with Gasteiger partial charge in [-0.2, -0.15) is 0 Å². The number of hydrogen-bond donors (Lipinski definition) is 0. The summed E-state index contributed by atoms with van der Waals surface area (Å²) in [6, 6.07) is 0. The van der Waals surface area contributed by atoms with Crippen molar-refractivity contribution in [3.63, 3.8) is 0 Å². The molecule has 0 aromatic carbocycles. The maximum atomic E-state index is 11.7. The Hall–Kier alpha value is -1.03. The average Bonchev–Trinajstić information content (AvgIpc) is 2.74. The lowest BCUT2D eigenvalue weighted by Crippen LogP contribution is -2.08. The summed E-state index contributed by atoms with van der Waals surface area (Å²) >= 11 is 5.64. The number of alkyl halides is 1. The van der Waals surface area contributed by atoms with Crippen LogP contribution in [0.15, 0.2) is 12.2 Å². The molecule has 0 unspecified atom stereocenters. The SMILES string of the molecule is CCCCCCCCC/C=C/COC(=O)CCCC(=O)OCCCCCCCCCl. The number of carbonyl (C=O) groups is 2. The van der Waals surface area contributed by atoms with Crippen LogP contribution >= 0.6 is 11.6 Å². The van der Waals surface area contributed by atoms with Crippen LogP contribution in [0.5, 0.6) is 0 Å². The molecule has 176 valence electrons. The monoisotopic (exact) mass is 444 g/mol. The van der Waals surface area contributed by atoms with E-state index in [0.29, 0.717) is 19.6 Å². The Morgan fingerprint density at radius 1 is 0.667 bits per heavy atom. The topological polar surface area (TPSA) is 52.6 Å². The van der Waals surface area contributed by atoms with Gasteiger partial charge >= 0.3 is 11.9 Å². The van der Waals surface area contributed by atoms with Gasteiger partial charge in [0.2, 0.25) is 0 Å². The number of carbonyl (C=O) groups excluding carboxylic acids is 2. The average molecular weight is 445 g/mol. The maximum Gasteiger partial charge on any atom is 0.306 e. The number of unbranched alkanes of at least 4 members (excludes halogenated alkanes) is 12. The molecule has 0 aliphatic rings. The van der Waals surface area contributed by atoms with Crippen molar-refractivity contribution in [1.82, 2.24) is 0 Å². The fourth-order valence-corrected chi connectivity index (χ4v) is 3.35. The molecule has 0 bridgehead atoms. The zero-order chi connectivity index (χ0) is 22.1. The first-order valence-electron chi connectivity index (χ1n) is 12.2. The Balaban J connectivity index is 3.38. The van der Waals surface area contributed by atoms with E-state index in [4.69, 9.17) is 21.1 Å². The van der Waals surface area contributed by atoms with Crippen LogP contribution in [0.1, 0.15) is 116 Å². The van der Waals surface area contributed by atoms with E-state index in [9.17, 15) is 9.59 Å². The summed E-state index contributed by atoms with van der Waals surface area (Å²) in [4.78, 5) is 23.3. The highest BCUT2D eigenvalue weighted by atomic mass is 35.5. The van der Waals surface area contributed by atoms with Gasteiger partial charge in [0.05, 0.1) is 6.61 Å². The van der Waals surface area contributed by atoms with E-state index in [1.807, 2.05) is 6.08 Å². The lowest BCUT2D eigenvalue weighted by Gasteiger charge is -2.05. The smallest absolute Gasteiger partial charge is 0.306 e. The molecule has 0 heterocycles. The third-order valence-corrected chi connectivity index (χ3v) is 5.30. The van der Waals surface area contributed by atoms with Crippen molar-refractivity contribution in [1.29, 1.82) is 0 Å². The first-order valence-corrected chi connectivity index (χ1v) is 12.8. The first kappa shape index (κ1) is 29.0. The Morgan fingerprint density at radius 3 is 1.90 bits per heavy atom. The minimum atomic E-state index is -0.250. The predicted molar refractivity (Wildman–Crippen MR) is 126 cm³/mol. The molecular weight excluding hydrogens is 400 g/mol. The van der Waals surface area contributed by atoms with Crippen molar-refractivity contribution in [2.24, 2.45) is 0 Å². The quantitative estimate of drug-likeness (QED) is 0.0749. The van der Waals surface area contributed by atoms with Crippen molar-refractivity contribution in [2.45, 2.75) is 116 Å². The number of ether oxygens (including phenoxy) is 2. The van der Waals surface area contributed by atoms with Crippen molar-refractivity contribution >= 4 is 23.5 Å². The molecule has 0 radical (unpaired) electrons. The van der Waals surface area contributed by atoms with E-state index in [-0.39, 0.29) is 24.8 Å². The maximum absolute atomic E-state index is 11.7. The summed E-state index contributed by atoms with van der Waals surface area (Å²) in [6.45, 7) is 3.04. The Morgan fingerprint density at radius 2 is 1.23 bits per heavy atom. The van der Waals surface area contributed by atoms with E-state index < -0.39 is 0 Å². The van der Waals surface area contributed by atoms with Gasteiger partial charge < -0.3 is 9.47 Å². The van der Waals surface area contributed by atoms with Crippen molar-refractivity contribution in [2.75, 3.05) is 19.1 Å². The second-order valence-electron chi connectivity index (χ2n) is 7.95. The summed E-state index contributed by atoms with van der Waals surface area (Å²) in [6.07, 6.45) is 21.8. The molecule has 4 nitrogen and oxygen atoms in total. The normalized spacial score (nSPS) is 11.1. The summed E-state index contributed by atoms with van der Waals surface area (Å²) < 4.78 is 10.4. The van der Waals surface area contributed by atoms with Gasteiger partial charge in [-0.15, -0.1) is 11.6 Å². The molecular formula is C25H45ClO4. The fraction of sp³-hybridized carbons (Fsp3) is 0.840. The molecule has 0 aromatic rings. The standard InChI is InChI=1S/C25H45ClO4/c1-2-3-4-5-6-7-8-10-13-16-22-29-24(27)19-18-20-25(28)30-23-17-14-11-9-12-15-21-26/h13,16H,2-12,14-15,17-23H2,1H3/b16-13+. The fourth-order valence-electron chi connectivity index (χ4n) is 3.16. The highest BCUT2D eigenvalue weighted by molar-refractivity contribution is 6.17. The summed E-state index contributed by atoms with van der Waals surface area (Å²) in [5, 5.41) is 0. The molecule has 5 heteroatoms. The van der Waals surface area contributed by atoms with Crippen LogP contribution in [0.25, 0.3) is 0 Å². The Labute approximate surface area is 190 Å². The number of hydrogen-bond acceptors (Lipinski definition) is 4. The minimum Gasteiger partial charge on any atom is -0.466 e. The zero-order valence-corrected chi connectivity index (χ0v) is 20.1. The van der Waals surface area contributed by atoms with E-state index in [1.165, 1.54) is 57.8 Å². The highest BCUT2D eigenvalue weighted by Crippen LogP contribution is 2.09. The molecule has 0 atom stereocenters. The van der Waals surface area contributed by atoms with Gasteiger partial charge in [0.1, 0.15) is 6.61 Å². The van der Waals surface area contributed by atoms with Crippen LogP contribution in [0.2, 0.25) is 0 Å². The zero-order valence-electron chi connectivity index (χ0n) is 19.3. The highest BCUT2D eigenvalue weighted by Gasteiger charge is 2.06. The Bertz CT molecular complexity index is 423. The van der Waals surface area contributed by atoms with Crippen LogP contribution in [0, 0.1) is 0 Å². The minimum absolute atomic E-state index is 0.223. The first-order chi connectivity index (χ1) is 14.7. The molecule has 0 rings (SSSR count). The van der Waals surface area contributed by atoms with E-state index >= 15 is 0 Å². The summed E-state index contributed by atoms with van der Waals surface area (Å²) in [5.74, 6) is 0.265. The van der Waals surface area contributed by atoms with Gasteiger partial charge in [0.15, 0.2) is 0 Å². The van der Waals surface area contributed by atoms with Gasteiger partial charge in [-0.1, -0.05) is 83.3 Å². The van der Waals surface area contributed by atoms with Crippen LogP contribution in [-0.4, -0.2) is 31.0 Å². The van der Waals surface area contributed by atoms with E-state index in [1.54, 1.807) is 0 Å². The van der Waals surface area contributed by atoms with Crippen LogP contribution in [0.3, 0.4) is 0 Å². The van der Waals surface area contributed by atoms with Gasteiger partial charge in [-0.05, 0) is 32.1 Å². The van der Waals surface area contributed by atoms with Crippen LogP contribution < -0.4 is 0 Å². The number of esters is 2. The molecule has 30 heavy (non-hydrogen) atoms. The second kappa shape index (κ2) is 24.2. The largest absolute Gasteiger partial charge is 0.466 e. The molecule has 0 spiro atoms. The van der Waals surface area contributed by atoms with Gasteiger partial charge in [-0.25, -0.2) is 0 Å².